The maximum atomic E-state index is 14.1. The topological polar surface area (TPSA) is 110 Å². The Bertz CT molecular complexity index is 1550. The third-order valence-corrected chi connectivity index (χ3v) is 7.05. The number of nitrogens with zero attached hydrogens (tertiary/aromatic N) is 3. The van der Waals surface area contributed by atoms with Gasteiger partial charge in [-0.15, -0.1) is 0 Å². The SMILES string of the molecule is O=C(O)c1ccc2nc(CNCCNc3cccn(CCc4ccc(Cl)cc4F)c3=O)n(C[C@@H]3CCO3)c2c1. The number of aryl methyl sites for hydroxylation is 2. The molecule has 39 heavy (non-hydrogen) atoms. The lowest BCUT2D eigenvalue weighted by Crippen LogP contribution is -2.32. The number of aromatic carboxylic acids is 1. The molecule has 5 rings (SSSR count). The van der Waals surface area contributed by atoms with Gasteiger partial charge < -0.3 is 29.6 Å². The van der Waals surface area contributed by atoms with E-state index in [-0.39, 0.29) is 23.0 Å². The van der Waals surface area contributed by atoms with E-state index in [1.807, 2.05) is 4.57 Å². The average Bonchev–Trinajstić information content (AvgIpc) is 3.23. The average molecular weight is 554 g/mol. The predicted octanol–water partition coefficient (Wildman–Crippen LogP) is 3.92. The number of nitrogens with one attached hydrogen (secondary N) is 2. The first-order chi connectivity index (χ1) is 18.9. The smallest absolute Gasteiger partial charge is 0.335 e. The zero-order valence-electron chi connectivity index (χ0n) is 21.2. The highest BCUT2D eigenvalue weighted by molar-refractivity contribution is 6.30. The fourth-order valence-electron chi connectivity index (χ4n) is 4.58. The van der Waals surface area contributed by atoms with Crippen LogP contribution in [0.1, 0.15) is 28.2 Å². The number of pyridine rings is 1. The van der Waals surface area contributed by atoms with Crippen molar-refractivity contribution in [1.82, 2.24) is 19.4 Å². The van der Waals surface area contributed by atoms with Crippen LogP contribution in [-0.2, 0) is 30.8 Å². The van der Waals surface area contributed by atoms with Crippen LogP contribution < -0.4 is 16.2 Å². The molecule has 0 bridgehead atoms. The largest absolute Gasteiger partial charge is 0.478 e. The van der Waals surface area contributed by atoms with Crippen LogP contribution in [0.5, 0.6) is 0 Å². The van der Waals surface area contributed by atoms with Gasteiger partial charge in [-0.25, -0.2) is 14.2 Å². The molecular weight excluding hydrogens is 525 g/mol. The van der Waals surface area contributed by atoms with Crippen molar-refractivity contribution < 1.29 is 19.0 Å². The summed E-state index contributed by atoms with van der Waals surface area (Å²) in [4.78, 5) is 29.0. The second kappa shape index (κ2) is 12.0. The lowest BCUT2D eigenvalue weighted by molar-refractivity contribution is -0.0590. The zero-order valence-corrected chi connectivity index (χ0v) is 22.0. The van der Waals surface area contributed by atoms with Crippen LogP contribution in [0.25, 0.3) is 11.0 Å². The van der Waals surface area contributed by atoms with Gasteiger partial charge in [0.2, 0.25) is 0 Å². The summed E-state index contributed by atoms with van der Waals surface area (Å²) < 4.78 is 23.3. The van der Waals surface area contributed by atoms with Crippen LogP contribution in [0, 0.1) is 5.82 Å². The molecule has 4 aromatic rings. The zero-order chi connectivity index (χ0) is 27.4. The lowest BCUT2D eigenvalue weighted by Gasteiger charge is -2.27. The van der Waals surface area contributed by atoms with Crippen LogP contribution in [0.3, 0.4) is 0 Å². The fourth-order valence-corrected chi connectivity index (χ4v) is 4.73. The molecule has 1 aliphatic rings. The summed E-state index contributed by atoms with van der Waals surface area (Å²) in [5.41, 5.74) is 2.51. The van der Waals surface area contributed by atoms with E-state index < -0.39 is 5.97 Å². The first kappa shape index (κ1) is 26.9. The molecule has 1 aliphatic heterocycles. The number of imidazole rings is 1. The minimum absolute atomic E-state index is 0.0905. The molecule has 0 spiro atoms. The summed E-state index contributed by atoms with van der Waals surface area (Å²) in [6.07, 6.45) is 3.10. The van der Waals surface area contributed by atoms with Crippen LogP contribution >= 0.6 is 11.6 Å². The third kappa shape index (κ3) is 6.30. The summed E-state index contributed by atoms with van der Waals surface area (Å²) in [7, 11) is 0. The van der Waals surface area contributed by atoms with Crippen molar-refractivity contribution in [1.29, 1.82) is 0 Å². The van der Waals surface area contributed by atoms with Crippen LogP contribution in [0.15, 0.2) is 59.5 Å². The fraction of sp³-hybridized carbons (Fsp3) is 0.321. The van der Waals surface area contributed by atoms with Crippen molar-refractivity contribution in [2.45, 2.75) is 38.6 Å². The van der Waals surface area contributed by atoms with E-state index in [1.54, 1.807) is 53.2 Å². The second-order valence-corrected chi connectivity index (χ2v) is 9.87. The van der Waals surface area contributed by atoms with Gasteiger partial charge in [-0.1, -0.05) is 17.7 Å². The van der Waals surface area contributed by atoms with E-state index in [1.165, 1.54) is 6.07 Å². The number of halogens is 2. The normalized spacial score (nSPS) is 14.9. The Morgan fingerprint density at radius 3 is 2.79 bits per heavy atom. The number of hydrogen-bond donors (Lipinski definition) is 3. The van der Waals surface area contributed by atoms with E-state index >= 15 is 0 Å². The van der Waals surface area contributed by atoms with E-state index in [0.29, 0.717) is 55.4 Å². The highest BCUT2D eigenvalue weighted by Gasteiger charge is 2.22. The number of carbonyl (C=O) groups is 1. The molecule has 9 nitrogen and oxygen atoms in total. The highest BCUT2D eigenvalue weighted by atomic mass is 35.5. The van der Waals surface area contributed by atoms with Gasteiger partial charge in [0, 0.05) is 37.5 Å². The molecule has 2 aromatic carbocycles. The number of ether oxygens (including phenoxy) is 1. The first-order valence-electron chi connectivity index (χ1n) is 12.8. The van der Waals surface area contributed by atoms with Crippen molar-refractivity contribution in [3.8, 4) is 0 Å². The Labute approximate surface area is 229 Å². The molecule has 0 saturated carbocycles. The van der Waals surface area contributed by atoms with Gasteiger partial charge >= 0.3 is 5.97 Å². The molecule has 204 valence electrons. The Kier molecular flexibility index (Phi) is 8.25. The quantitative estimate of drug-likeness (QED) is 0.228. The molecule has 3 N–H and O–H groups in total. The molecule has 1 atom stereocenters. The number of fused-ring (bicyclic) bond motifs is 1. The Morgan fingerprint density at radius 2 is 2.05 bits per heavy atom. The Balaban J connectivity index is 1.18. The van der Waals surface area contributed by atoms with E-state index in [2.05, 4.69) is 10.6 Å². The molecule has 0 aliphatic carbocycles. The molecule has 1 fully saturated rings. The molecule has 0 amide bonds. The van der Waals surface area contributed by atoms with E-state index in [4.69, 9.17) is 21.3 Å². The minimum Gasteiger partial charge on any atom is -0.478 e. The molecule has 3 heterocycles. The van der Waals surface area contributed by atoms with Crippen LogP contribution in [0.2, 0.25) is 5.02 Å². The van der Waals surface area contributed by atoms with Gasteiger partial charge in [-0.3, -0.25) is 4.79 Å². The standard InChI is InChI=1S/C28H29ClFN5O4/c29-20-5-3-18(22(30)15-20)7-12-34-11-1-2-24(27(34)36)32-10-9-31-16-26-33-23-6-4-19(28(37)38)14-25(23)35(26)17-21-8-13-39-21/h1-6,11,14-15,21,31-32H,7-10,12-13,16-17H2,(H,37,38)/t21-/m0/s1. The maximum absolute atomic E-state index is 14.1. The Morgan fingerprint density at radius 1 is 1.21 bits per heavy atom. The predicted molar refractivity (Wildman–Crippen MR) is 147 cm³/mol. The molecular formula is C28H29ClFN5O4. The van der Waals surface area contributed by atoms with Crippen molar-refractivity contribution in [2.24, 2.45) is 0 Å². The van der Waals surface area contributed by atoms with Crippen LogP contribution in [-0.4, -0.2) is 51.0 Å². The number of carboxylic acids is 1. The van der Waals surface area contributed by atoms with Gasteiger partial charge in [0.1, 0.15) is 17.3 Å². The number of rotatable bonds is 12. The van der Waals surface area contributed by atoms with Gasteiger partial charge in [0.15, 0.2) is 0 Å². The highest BCUT2D eigenvalue weighted by Crippen LogP contribution is 2.22. The monoisotopic (exact) mass is 553 g/mol. The third-order valence-electron chi connectivity index (χ3n) is 6.81. The molecule has 0 radical (unpaired) electrons. The number of anilines is 1. The van der Waals surface area contributed by atoms with Crippen molar-refractivity contribution in [3.63, 3.8) is 0 Å². The summed E-state index contributed by atoms with van der Waals surface area (Å²) in [6, 6.07) is 13.0. The molecule has 11 heteroatoms. The number of hydrogen-bond acceptors (Lipinski definition) is 6. The lowest BCUT2D eigenvalue weighted by atomic mass is 10.1. The molecule has 1 saturated heterocycles. The Hall–Kier alpha value is -3.73. The van der Waals surface area contributed by atoms with Crippen molar-refractivity contribution in [3.05, 3.63) is 92.9 Å². The second-order valence-electron chi connectivity index (χ2n) is 9.44. The maximum Gasteiger partial charge on any atom is 0.335 e. The summed E-state index contributed by atoms with van der Waals surface area (Å²) >= 11 is 5.82. The number of benzene rings is 2. The van der Waals surface area contributed by atoms with Gasteiger partial charge in [-0.2, -0.15) is 0 Å². The molecule has 2 aromatic heterocycles. The van der Waals surface area contributed by atoms with Gasteiger partial charge in [0.05, 0.1) is 35.8 Å². The van der Waals surface area contributed by atoms with Crippen LogP contribution in [0.4, 0.5) is 10.1 Å². The summed E-state index contributed by atoms with van der Waals surface area (Å²) in [6.45, 7) is 3.22. The number of aromatic nitrogens is 3. The van der Waals surface area contributed by atoms with Gasteiger partial charge in [-0.05, 0) is 60.9 Å². The molecule has 0 unspecified atom stereocenters. The number of carboxylic acid groups (broad SMARTS) is 1. The van der Waals surface area contributed by atoms with E-state index in [0.717, 1.165) is 29.9 Å². The summed E-state index contributed by atoms with van der Waals surface area (Å²) in [5, 5.41) is 16.3. The first-order valence-corrected chi connectivity index (χ1v) is 13.2. The minimum atomic E-state index is -0.979. The van der Waals surface area contributed by atoms with Crippen molar-refractivity contribution in [2.75, 3.05) is 25.0 Å². The van der Waals surface area contributed by atoms with Crippen molar-refractivity contribution >= 4 is 34.3 Å². The van der Waals surface area contributed by atoms with Gasteiger partial charge in [0.25, 0.3) is 5.56 Å². The van der Waals surface area contributed by atoms with E-state index in [9.17, 15) is 19.1 Å². The summed E-state index contributed by atoms with van der Waals surface area (Å²) in [5.74, 6) is -0.570.